The molecule has 0 aliphatic carbocycles. The van der Waals surface area contributed by atoms with Crippen LogP contribution in [0.2, 0.25) is 0 Å². The number of fused-ring (bicyclic) bond motifs is 1. The number of ether oxygens (including phenoxy) is 1. The summed E-state index contributed by atoms with van der Waals surface area (Å²) in [5.41, 5.74) is 1.40. The molecule has 2 aliphatic heterocycles. The highest BCUT2D eigenvalue weighted by molar-refractivity contribution is 5.97. The number of carbonyl (C=O) groups is 2. The Morgan fingerprint density at radius 2 is 2.06 bits per heavy atom. The molecule has 0 saturated carbocycles. The van der Waals surface area contributed by atoms with Crippen LogP contribution >= 0.6 is 0 Å². The minimum Gasteiger partial charge on any atom is -0.477 e. The average Bonchev–Trinajstić information content (AvgIpc) is 3.04. The number of carboxylic acid groups (broad SMARTS) is 1. The van der Waals surface area contributed by atoms with Crippen LogP contribution in [0.25, 0.3) is 0 Å². The lowest BCUT2D eigenvalue weighted by Crippen LogP contribution is -2.40. The van der Waals surface area contributed by atoms with Gasteiger partial charge in [-0.25, -0.2) is 13.6 Å². The Morgan fingerprint density at radius 3 is 2.73 bits per heavy atom. The van der Waals surface area contributed by atoms with Crippen molar-refractivity contribution in [2.45, 2.75) is 52.5 Å². The summed E-state index contributed by atoms with van der Waals surface area (Å²) in [6.07, 6.45) is 3.25. The van der Waals surface area contributed by atoms with Crippen molar-refractivity contribution < 1.29 is 28.2 Å². The van der Waals surface area contributed by atoms with E-state index in [1.54, 1.807) is 0 Å². The molecule has 1 aromatic heterocycles. The number of carboxylic acids is 1. The first-order valence-corrected chi connectivity index (χ1v) is 11.4. The number of amides is 1. The van der Waals surface area contributed by atoms with E-state index in [0.717, 1.165) is 30.3 Å². The largest absolute Gasteiger partial charge is 0.477 e. The summed E-state index contributed by atoms with van der Waals surface area (Å²) in [5, 5.41) is 16.9. The molecule has 178 valence electrons. The van der Waals surface area contributed by atoms with Crippen molar-refractivity contribution in [3.63, 3.8) is 0 Å². The van der Waals surface area contributed by atoms with Crippen molar-refractivity contribution >= 4 is 11.9 Å². The van der Waals surface area contributed by atoms with Crippen molar-refractivity contribution in [2.24, 2.45) is 11.3 Å². The zero-order valence-electron chi connectivity index (χ0n) is 18.9. The highest BCUT2D eigenvalue weighted by atomic mass is 19.1. The van der Waals surface area contributed by atoms with E-state index < -0.39 is 23.2 Å². The molecule has 7 nitrogen and oxygen atoms in total. The molecule has 1 aromatic carbocycles. The summed E-state index contributed by atoms with van der Waals surface area (Å²) >= 11 is 0. The van der Waals surface area contributed by atoms with Crippen LogP contribution < -0.4 is 5.32 Å². The number of hydrogen-bond acceptors (Lipinski definition) is 4. The second kappa shape index (κ2) is 9.21. The predicted octanol–water partition coefficient (Wildman–Crippen LogP) is 3.38. The molecule has 0 bridgehead atoms. The Labute approximate surface area is 191 Å². The minimum absolute atomic E-state index is 0.0787. The predicted molar refractivity (Wildman–Crippen MR) is 116 cm³/mol. The molecule has 1 atom stereocenters. The Kier molecular flexibility index (Phi) is 6.52. The van der Waals surface area contributed by atoms with Crippen LogP contribution in [0.4, 0.5) is 8.78 Å². The van der Waals surface area contributed by atoms with Gasteiger partial charge in [-0.1, -0.05) is 19.9 Å². The van der Waals surface area contributed by atoms with Gasteiger partial charge in [-0.2, -0.15) is 5.10 Å². The van der Waals surface area contributed by atoms with Gasteiger partial charge >= 0.3 is 5.97 Å². The number of halogens is 2. The third-order valence-electron chi connectivity index (χ3n) is 6.85. The van der Waals surface area contributed by atoms with Crippen molar-refractivity contribution in [2.75, 3.05) is 19.8 Å². The van der Waals surface area contributed by atoms with Gasteiger partial charge in [0.05, 0.1) is 17.0 Å². The molecular weight excluding hydrogens is 432 g/mol. The standard InChI is InChI=1S/C24H29F2N3O4/c1-3-17-20-18(11-24(13-27-22(20)30)6-8-33-9-7-24)29(28-17)12-14(2)10-15-4-5-16(25)19(21(15)26)23(31)32/h4-5,14H,3,6-13H2,1-2H3,(H,27,30)(H,31,32)/t14-/m1/s1. The van der Waals surface area contributed by atoms with E-state index in [1.165, 1.54) is 6.07 Å². The van der Waals surface area contributed by atoms with Crippen LogP contribution in [0.1, 0.15) is 64.4 Å². The van der Waals surface area contributed by atoms with Crippen molar-refractivity contribution in [1.29, 1.82) is 0 Å². The first-order valence-electron chi connectivity index (χ1n) is 11.4. The van der Waals surface area contributed by atoms with Crippen LogP contribution in [0, 0.1) is 23.0 Å². The van der Waals surface area contributed by atoms with Gasteiger partial charge in [0.15, 0.2) is 0 Å². The molecule has 9 heteroatoms. The first-order chi connectivity index (χ1) is 15.7. The molecule has 2 aromatic rings. The summed E-state index contributed by atoms with van der Waals surface area (Å²) in [4.78, 5) is 24.2. The third-order valence-corrected chi connectivity index (χ3v) is 6.85. The smallest absolute Gasteiger partial charge is 0.341 e. The fraction of sp³-hybridized carbons (Fsp3) is 0.542. The van der Waals surface area contributed by atoms with Gasteiger partial charge in [0.1, 0.15) is 17.2 Å². The first kappa shape index (κ1) is 23.4. The van der Waals surface area contributed by atoms with Gasteiger partial charge in [0.2, 0.25) is 0 Å². The zero-order chi connectivity index (χ0) is 23.8. The average molecular weight is 462 g/mol. The topological polar surface area (TPSA) is 93.5 Å². The van der Waals surface area contributed by atoms with E-state index in [9.17, 15) is 18.4 Å². The second-order valence-corrected chi connectivity index (χ2v) is 9.29. The summed E-state index contributed by atoms with van der Waals surface area (Å²) < 4.78 is 35.8. The van der Waals surface area contributed by atoms with Crippen molar-refractivity contribution in [1.82, 2.24) is 15.1 Å². The lowest BCUT2D eigenvalue weighted by molar-refractivity contribution is 0.0152. The number of aromatic nitrogens is 2. The Hall–Kier alpha value is -2.81. The molecule has 3 heterocycles. The molecule has 1 fully saturated rings. The fourth-order valence-electron chi connectivity index (χ4n) is 5.01. The zero-order valence-corrected chi connectivity index (χ0v) is 18.9. The lowest BCUT2D eigenvalue weighted by atomic mass is 9.76. The highest BCUT2D eigenvalue weighted by Gasteiger charge is 2.39. The monoisotopic (exact) mass is 461 g/mol. The molecule has 0 unspecified atom stereocenters. The van der Waals surface area contributed by atoms with E-state index >= 15 is 0 Å². The number of hydrogen-bond donors (Lipinski definition) is 2. The third kappa shape index (κ3) is 4.51. The number of nitrogens with one attached hydrogen (secondary N) is 1. The summed E-state index contributed by atoms with van der Waals surface area (Å²) in [5.74, 6) is -3.99. The maximum Gasteiger partial charge on any atom is 0.341 e. The van der Waals surface area contributed by atoms with Crippen LogP contribution in [-0.2, 0) is 30.5 Å². The van der Waals surface area contributed by atoms with E-state index in [4.69, 9.17) is 14.9 Å². The summed E-state index contributed by atoms with van der Waals surface area (Å²) in [6.45, 7) is 6.21. The van der Waals surface area contributed by atoms with Crippen molar-refractivity contribution in [3.05, 3.63) is 51.8 Å². The van der Waals surface area contributed by atoms with Gasteiger partial charge < -0.3 is 15.2 Å². The van der Waals surface area contributed by atoms with Gasteiger partial charge in [0.25, 0.3) is 5.91 Å². The number of aryl methyl sites for hydroxylation is 1. The maximum atomic E-state index is 14.7. The molecule has 1 amide bonds. The second-order valence-electron chi connectivity index (χ2n) is 9.29. The molecule has 4 rings (SSSR count). The Balaban J connectivity index is 1.62. The van der Waals surface area contributed by atoms with Crippen LogP contribution in [-0.4, -0.2) is 46.5 Å². The van der Waals surface area contributed by atoms with E-state index in [2.05, 4.69) is 5.32 Å². The summed E-state index contributed by atoms with van der Waals surface area (Å²) in [7, 11) is 0. The number of benzene rings is 1. The molecule has 0 radical (unpaired) electrons. The summed E-state index contributed by atoms with van der Waals surface area (Å²) in [6, 6.07) is 2.28. The molecular formula is C24H29F2N3O4. The van der Waals surface area contributed by atoms with E-state index in [-0.39, 0.29) is 29.2 Å². The molecule has 2 N–H and O–H groups in total. The molecule has 1 saturated heterocycles. The number of aromatic carboxylic acids is 1. The van der Waals surface area contributed by atoms with Crippen LogP contribution in [0.15, 0.2) is 12.1 Å². The van der Waals surface area contributed by atoms with Gasteiger partial charge in [-0.15, -0.1) is 0 Å². The Morgan fingerprint density at radius 1 is 1.33 bits per heavy atom. The molecule has 33 heavy (non-hydrogen) atoms. The number of carbonyl (C=O) groups excluding carboxylic acids is 1. The number of nitrogens with zero attached hydrogens (tertiary/aromatic N) is 2. The minimum atomic E-state index is -1.63. The van der Waals surface area contributed by atoms with Crippen molar-refractivity contribution in [3.8, 4) is 0 Å². The van der Waals surface area contributed by atoms with E-state index in [0.29, 0.717) is 44.7 Å². The van der Waals surface area contributed by atoms with Gasteiger partial charge in [-0.05, 0) is 55.1 Å². The maximum absolute atomic E-state index is 14.7. The molecule has 1 spiro atoms. The highest BCUT2D eigenvalue weighted by Crippen LogP contribution is 2.37. The molecule has 2 aliphatic rings. The van der Waals surface area contributed by atoms with E-state index in [1.807, 2.05) is 18.5 Å². The quantitative estimate of drug-likeness (QED) is 0.688. The van der Waals surface area contributed by atoms with Crippen LogP contribution in [0.3, 0.4) is 0 Å². The van der Waals surface area contributed by atoms with Gasteiger partial charge in [0, 0.05) is 26.3 Å². The number of rotatable bonds is 6. The Bertz CT molecular complexity index is 1080. The lowest BCUT2D eigenvalue weighted by Gasteiger charge is -2.36. The fourth-order valence-corrected chi connectivity index (χ4v) is 5.01. The van der Waals surface area contributed by atoms with Gasteiger partial charge in [-0.3, -0.25) is 9.48 Å². The van der Waals surface area contributed by atoms with Crippen LogP contribution in [0.5, 0.6) is 0 Å². The normalized spacial score (nSPS) is 18.5. The SMILES string of the molecule is CCc1nn(C[C@H](C)Cc2ccc(F)c(C(=O)O)c2F)c2c1C(=O)NCC1(CCOCC1)C2.